The molecule has 164 valence electrons. The van der Waals surface area contributed by atoms with E-state index in [1.807, 2.05) is 54.6 Å². The van der Waals surface area contributed by atoms with E-state index in [1.165, 1.54) is 22.3 Å². The van der Waals surface area contributed by atoms with E-state index < -0.39 is 0 Å². The quantitative estimate of drug-likeness (QED) is 0.353. The average Bonchev–Trinajstić information content (AvgIpc) is 2.81. The standard InChI is InChI=1S/C24H26O.C7H8/c1-23(2,18-11-7-5-8-12-18)20-15-16-22(25)21(17-20)24(3,4)19-13-9-6-10-14-19;1-7-5-3-2-4-6-7/h5-17,25H,1-4H3;2-6H,1H3. The minimum absolute atomic E-state index is 0.128. The highest BCUT2D eigenvalue weighted by Gasteiger charge is 2.29. The second kappa shape index (κ2) is 9.87. The molecular formula is C31H34O. The molecule has 1 heteroatoms. The Kier molecular flexibility index (Phi) is 7.20. The largest absolute Gasteiger partial charge is 0.508 e. The van der Waals surface area contributed by atoms with Crippen LogP contribution in [-0.2, 0) is 10.8 Å². The molecular weight excluding hydrogens is 388 g/mol. The molecule has 0 amide bonds. The fraction of sp³-hybridized carbons (Fsp3) is 0.226. The molecule has 0 spiro atoms. The molecule has 4 aromatic carbocycles. The normalized spacial score (nSPS) is 11.4. The van der Waals surface area contributed by atoms with Crippen molar-refractivity contribution in [1.29, 1.82) is 0 Å². The van der Waals surface area contributed by atoms with Crippen molar-refractivity contribution in [3.8, 4) is 5.75 Å². The summed E-state index contributed by atoms with van der Waals surface area (Å²) in [5.41, 5.74) is 5.55. The van der Waals surface area contributed by atoms with Crippen LogP contribution in [0.1, 0.15) is 55.5 Å². The van der Waals surface area contributed by atoms with Crippen molar-refractivity contribution < 1.29 is 5.11 Å². The third-order valence-corrected chi connectivity index (χ3v) is 6.32. The monoisotopic (exact) mass is 422 g/mol. The zero-order valence-electron chi connectivity index (χ0n) is 19.8. The molecule has 1 nitrogen and oxygen atoms in total. The molecule has 0 aliphatic rings. The van der Waals surface area contributed by atoms with Crippen LogP contribution in [0.4, 0.5) is 0 Å². The maximum atomic E-state index is 10.6. The molecule has 4 aromatic rings. The summed E-state index contributed by atoms with van der Waals surface area (Å²) in [5.74, 6) is 0.349. The predicted octanol–water partition coefficient (Wildman–Crippen LogP) is 8.04. The summed E-state index contributed by atoms with van der Waals surface area (Å²) in [6, 6.07) is 37.2. The van der Waals surface area contributed by atoms with Gasteiger partial charge in [-0.2, -0.15) is 0 Å². The molecule has 1 N–H and O–H groups in total. The van der Waals surface area contributed by atoms with E-state index in [0.717, 1.165) is 5.56 Å². The molecule has 0 fully saturated rings. The van der Waals surface area contributed by atoms with E-state index >= 15 is 0 Å². The zero-order chi connectivity index (χ0) is 23.2. The molecule has 0 saturated heterocycles. The van der Waals surface area contributed by atoms with Gasteiger partial charge in [0.2, 0.25) is 0 Å². The molecule has 4 rings (SSSR count). The number of rotatable bonds is 4. The van der Waals surface area contributed by atoms with Crippen molar-refractivity contribution in [1.82, 2.24) is 0 Å². The van der Waals surface area contributed by atoms with Gasteiger partial charge in [0.25, 0.3) is 0 Å². The van der Waals surface area contributed by atoms with E-state index in [0.29, 0.717) is 5.75 Å². The minimum atomic E-state index is -0.270. The summed E-state index contributed by atoms with van der Waals surface area (Å²) in [6.45, 7) is 10.9. The summed E-state index contributed by atoms with van der Waals surface area (Å²) < 4.78 is 0. The summed E-state index contributed by atoms with van der Waals surface area (Å²) in [6.07, 6.45) is 0. The lowest BCUT2D eigenvalue weighted by atomic mass is 9.73. The third-order valence-electron chi connectivity index (χ3n) is 6.32. The number of hydrogen-bond acceptors (Lipinski definition) is 1. The first-order chi connectivity index (χ1) is 15.2. The van der Waals surface area contributed by atoms with E-state index in [2.05, 4.69) is 89.2 Å². The Hall–Kier alpha value is -3.32. The summed E-state index contributed by atoms with van der Waals surface area (Å²) >= 11 is 0. The van der Waals surface area contributed by atoms with Gasteiger partial charge in [0.05, 0.1) is 0 Å². The van der Waals surface area contributed by atoms with Gasteiger partial charge in [0, 0.05) is 16.4 Å². The topological polar surface area (TPSA) is 20.2 Å². The zero-order valence-corrected chi connectivity index (χ0v) is 19.8. The van der Waals surface area contributed by atoms with Gasteiger partial charge in [-0.3, -0.25) is 0 Å². The lowest BCUT2D eigenvalue weighted by Crippen LogP contribution is -2.23. The molecule has 0 saturated carbocycles. The van der Waals surface area contributed by atoms with Crippen molar-refractivity contribution in [2.45, 2.75) is 45.4 Å². The van der Waals surface area contributed by atoms with Crippen molar-refractivity contribution >= 4 is 0 Å². The van der Waals surface area contributed by atoms with Crippen LogP contribution in [0.15, 0.2) is 109 Å². The Balaban J connectivity index is 0.000000352. The van der Waals surface area contributed by atoms with Crippen LogP contribution in [0.25, 0.3) is 0 Å². The highest BCUT2D eigenvalue weighted by Crippen LogP contribution is 2.40. The molecule has 0 aliphatic carbocycles. The van der Waals surface area contributed by atoms with E-state index in [4.69, 9.17) is 0 Å². The lowest BCUT2D eigenvalue weighted by Gasteiger charge is -2.31. The molecule has 0 bridgehead atoms. The summed E-state index contributed by atoms with van der Waals surface area (Å²) in [4.78, 5) is 0. The fourth-order valence-corrected chi connectivity index (χ4v) is 3.99. The lowest BCUT2D eigenvalue weighted by molar-refractivity contribution is 0.451. The van der Waals surface area contributed by atoms with Crippen molar-refractivity contribution in [3.63, 3.8) is 0 Å². The SMILES string of the molecule is CC(C)(c1ccccc1)c1ccc(O)c(C(C)(C)c2ccccc2)c1.Cc1ccccc1. The molecule has 0 radical (unpaired) electrons. The first-order valence-corrected chi connectivity index (χ1v) is 11.2. The maximum Gasteiger partial charge on any atom is 0.119 e. The minimum Gasteiger partial charge on any atom is -0.508 e. The van der Waals surface area contributed by atoms with E-state index in [-0.39, 0.29) is 10.8 Å². The Morgan fingerprint density at radius 1 is 0.500 bits per heavy atom. The second-order valence-corrected chi connectivity index (χ2v) is 9.37. The van der Waals surface area contributed by atoms with Crippen molar-refractivity contribution in [3.05, 3.63) is 137 Å². The van der Waals surface area contributed by atoms with Crippen LogP contribution in [0.3, 0.4) is 0 Å². The number of aromatic hydroxyl groups is 1. The summed E-state index contributed by atoms with van der Waals surface area (Å²) in [5, 5.41) is 10.6. The van der Waals surface area contributed by atoms with Gasteiger partial charge in [-0.1, -0.05) is 136 Å². The van der Waals surface area contributed by atoms with Crippen molar-refractivity contribution in [2.24, 2.45) is 0 Å². The predicted molar refractivity (Wildman–Crippen MR) is 136 cm³/mol. The van der Waals surface area contributed by atoms with E-state index in [1.54, 1.807) is 0 Å². The van der Waals surface area contributed by atoms with Gasteiger partial charge in [-0.05, 0) is 29.7 Å². The number of hydrogen-bond donors (Lipinski definition) is 1. The maximum absolute atomic E-state index is 10.6. The van der Waals surface area contributed by atoms with E-state index in [9.17, 15) is 5.11 Å². The Morgan fingerprint density at radius 3 is 1.38 bits per heavy atom. The first-order valence-electron chi connectivity index (χ1n) is 11.2. The van der Waals surface area contributed by atoms with Gasteiger partial charge in [-0.25, -0.2) is 0 Å². The van der Waals surface area contributed by atoms with Crippen LogP contribution in [-0.4, -0.2) is 5.11 Å². The second-order valence-electron chi connectivity index (χ2n) is 9.37. The van der Waals surface area contributed by atoms with Crippen LogP contribution in [0, 0.1) is 6.92 Å². The first kappa shape index (κ1) is 23.3. The van der Waals surface area contributed by atoms with Crippen LogP contribution >= 0.6 is 0 Å². The number of aryl methyl sites for hydroxylation is 1. The fourth-order valence-electron chi connectivity index (χ4n) is 3.99. The molecule has 0 unspecified atom stereocenters. The number of phenolic OH excluding ortho intramolecular Hbond substituents is 1. The van der Waals surface area contributed by atoms with Gasteiger partial charge < -0.3 is 5.11 Å². The molecule has 0 aliphatic heterocycles. The van der Waals surface area contributed by atoms with Crippen LogP contribution in [0.5, 0.6) is 5.75 Å². The van der Waals surface area contributed by atoms with Gasteiger partial charge in [-0.15, -0.1) is 0 Å². The van der Waals surface area contributed by atoms with Gasteiger partial charge in [0.15, 0.2) is 0 Å². The summed E-state index contributed by atoms with van der Waals surface area (Å²) in [7, 11) is 0. The average molecular weight is 423 g/mol. The highest BCUT2D eigenvalue weighted by molar-refractivity contribution is 5.50. The number of benzene rings is 4. The molecule has 0 heterocycles. The molecule has 0 aromatic heterocycles. The van der Waals surface area contributed by atoms with Gasteiger partial charge >= 0.3 is 0 Å². The molecule has 0 atom stereocenters. The number of phenols is 1. The van der Waals surface area contributed by atoms with Crippen molar-refractivity contribution in [2.75, 3.05) is 0 Å². The third kappa shape index (κ3) is 5.29. The van der Waals surface area contributed by atoms with Gasteiger partial charge in [0.1, 0.15) is 5.75 Å². The Labute approximate surface area is 193 Å². The Bertz CT molecular complexity index is 1110. The Morgan fingerprint density at radius 2 is 0.938 bits per heavy atom. The van der Waals surface area contributed by atoms with Crippen LogP contribution in [0.2, 0.25) is 0 Å². The highest BCUT2D eigenvalue weighted by atomic mass is 16.3. The smallest absolute Gasteiger partial charge is 0.119 e. The van der Waals surface area contributed by atoms with Crippen LogP contribution < -0.4 is 0 Å². The molecule has 32 heavy (non-hydrogen) atoms.